The maximum Gasteiger partial charge on any atom is 0.276 e. The lowest BCUT2D eigenvalue weighted by Gasteiger charge is -2.07. The maximum absolute atomic E-state index is 11.8. The Hall–Kier alpha value is -2.32. The number of nitrogens with zero attached hydrogens (tertiary/aromatic N) is 2. The number of rotatable bonds is 14. The minimum atomic E-state index is -0.419. The Morgan fingerprint density at radius 3 is 2.67 bits per heavy atom. The van der Waals surface area contributed by atoms with E-state index >= 15 is 0 Å². The monoisotopic (exact) mass is 379 g/mol. The molecule has 0 atom stereocenters. The molecule has 1 aromatic heterocycles. The van der Waals surface area contributed by atoms with E-state index < -0.39 is 5.91 Å². The van der Waals surface area contributed by atoms with Gasteiger partial charge in [0.25, 0.3) is 5.91 Å². The fourth-order valence-corrected chi connectivity index (χ4v) is 2.09. The van der Waals surface area contributed by atoms with Crippen molar-refractivity contribution in [3.8, 4) is 0 Å². The van der Waals surface area contributed by atoms with Crippen LogP contribution in [0.1, 0.15) is 48.8 Å². The number of aromatic nitrogens is 2. The summed E-state index contributed by atoms with van der Waals surface area (Å²) in [7, 11) is 0. The molecule has 0 aliphatic heterocycles. The Labute approximate surface area is 160 Å². The van der Waals surface area contributed by atoms with Crippen LogP contribution in [0.2, 0.25) is 0 Å². The molecule has 0 spiro atoms. The molecule has 0 unspecified atom stereocenters. The van der Waals surface area contributed by atoms with Crippen LogP contribution in [-0.2, 0) is 14.3 Å². The highest BCUT2D eigenvalue weighted by Gasteiger charge is 2.11. The molecule has 150 valence electrons. The summed E-state index contributed by atoms with van der Waals surface area (Å²) in [6.07, 6.45) is 9.07. The topological polar surface area (TPSA) is 104 Å². The third-order valence-corrected chi connectivity index (χ3v) is 3.61. The molecule has 1 rings (SSSR count). The van der Waals surface area contributed by atoms with Crippen molar-refractivity contribution >= 4 is 11.7 Å². The highest BCUT2D eigenvalue weighted by atomic mass is 16.5. The molecule has 1 heterocycles. The van der Waals surface area contributed by atoms with E-state index in [1.165, 1.54) is 6.20 Å². The van der Waals surface area contributed by atoms with Gasteiger partial charge in [-0.1, -0.05) is 19.1 Å². The van der Waals surface area contributed by atoms with Crippen LogP contribution in [0.15, 0.2) is 24.5 Å². The van der Waals surface area contributed by atoms with Crippen LogP contribution in [0.5, 0.6) is 0 Å². The fraction of sp³-hybridized carbons (Fsp3) is 0.579. The molecule has 27 heavy (non-hydrogen) atoms. The summed E-state index contributed by atoms with van der Waals surface area (Å²) in [6, 6.07) is 0. The summed E-state index contributed by atoms with van der Waals surface area (Å²) in [4.78, 5) is 27.3. The van der Waals surface area contributed by atoms with Gasteiger partial charge in [-0.2, -0.15) is 4.73 Å². The van der Waals surface area contributed by atoms with Gasteiger partial charge in [-0.3, -0.25) is 9.59 Å². The molecule has 0 fully saturated rings. The lowest BCUT2D eigenvalue weighted by atomic mass is 10.1. The van der Waals surface area contributed by atoms with Gasteiger partial charge in [0.05, 0.1) is 26.0 Å². The van der Waals surface area contributed by atoms with Crippen molar-refractivity contribution in [3.05, 3.63) is 41.1 Å². The third kappa shape index (κ3) is 10.4. The lowest BCUT2D eigenvalue weighted by Crippen LogP contribution is -2.35. The van der Waals surface area contributed by atoms with E-state index in [1.807, 2.05) is 19.1 Å². The minimum absolute atomic E-state index is 0.0682. The van der Waals surface area contributed by atoms with Gasteiger partial charge in [-0.05, 0) is 12.8 Å². The van der Waals surface area contributed by atoms with Crippen LogP contribution in [0.4, 0.5) is 0 Å². The Bertz CT molecular complexity index is 619. The van der Waals surface area contributed by atoms with Gasteiger partial charge >= 0.3 is 0 Å². The molecule has 0 saturated carbocycles. The first-order valence-corrected chi connectivity index (χ1v) is 9.20. The molecule has 1 amide bonds. The number of ether oxygens (including phenoxy) is 2. The van der Waals surface area contributed by atoms with Crippen LogP contribution < -0.4 is 10.0 Å². The molecule has 0 radical (unpaired) electrons. The Balaban J connectivity index is 1.97. The van der Waals surface area contributed by atoms with Crippen molar-refractivity contribution in [2.45, 2.75) is 39.5 Å². The number of hydrogen-bond acceptors (Lipinski definition) is 6. The summed E-state index contributed by atoms with van der Waals surface area (Å²) >= 11 is 0. The number of allylic oxidation sites excluding steroid dienone is 2. The Morgan fingerprint density at radius 1 is 1.22 bits per heavy atom. The highest BCUT2D eigenvalue weighted by molar-refractivity contribution is 5.91. The highest BCUT2D eigenvalue weighted by Crippen LogP contribution is 1.98. The number of aryl methyl sites for hydroxylation is 1. The van der Waals surface area contributed by atoms with E-state index in [0.29, 0.717) is 62.7 Å². The average molecular weight is 379 g/mol. The smallest absolute Gasteiger partial charge is 0.276 e. The Morgan fingerprint density at radius 2 is 1.96 bits per heavy atom. The van der Waals surface area contributed by atoms with E-state index in [9.17, 15) is 14.8 Å². The van der Waals surface area contributed by atoms with Crippen LogP contribution in [0.3, 0.4) is 0 Å². The van der Waals surface area contributed by atoms with Crippen molar-refractivity contribution in [2.75, 3.05) is 33.0 Å². The average Bonchev–Trinajstić information content (AvgIpc) is 2.65. The van der Waals surface area contributed by atoms with Crippen molar-refractivity contribution in [2.24, 2.45) is 0 Å². The summed E-state index contributed by atoms with van der Waals surface area (Å²) < 4.78 is 11.4. The van der Waals surface area contributed by atoms with Crippen molar-refractivity contribution in [1.82, 2.24) is 10.3 Å². The summed E-state index contributed by atoms with van der Waals surface area (Å²) in [6.45, 7) is 5.67. The zero-order chi connectivity index (χ0) is 19.9. The van der Waals surface area contributed by atoms with E-state index in [2.05, 4.69) is 10.3 Å². The van der Waals surface area contributed by atoms with Crippen molar-refractivity contribution in [1.29, 1.82) is 0 Å². The number of hydrogen-bond donors (Lipinski definition) is 1. The predicted octanol–water partition coefficient (Wildman–Crippen LogP) is 1.49. The van der Waals surface area contributed by atoms with Gasteiger partial charge in [0.15, 0.2) is 5.69 Å². The van der Waals surface area contributed by atoms with Gasteiger partial charge < -0.3 is 20.0 Å². The molecule has 8 nitrogen and oxygen atoms in total. The van der Waals surface area contributed by atoms with E-state index in [-0.39, 0.29) is 11.5 Å². The number of ketones is 1. The number of carbonyl (C=O) groups excluding carboxylic acids is 2. The van der Waals surface area contributed by atoms with Crippen LogP contribution in [0.25, 0.3) is 0 Å². The summed E-state index contributed by atoms with van der Waals surface area (Å²) in [5.41, 5.74) is 0.492. The molecule has 0 bridgehead atoms. The molecule has 0 aliphatic carbocycles. The molecule has 0 aromatic carbocycles. The molecule has 0 saturated heterocycles. The standard InChI is InChI=1S/C19H29N3O5/c1-3-4-5-7-17(23)8-6-10-26-12-13-27-11-9-20-19(24)18-15-22(25)16(2)14-21-18/h4-5,14-15H,3,6-13H2,1-2H3,(H,20,24)/b5-4-. The van der Waals surface area contributed by atoms with Crippen LogP contribution in [-0.4, -0.2) is 49.6 Å². The molecule has 1 aromatic rings. The largest absolute Gasteiger partial charge is 0.618 e. The second kappa shape index (κ2) is 13.8. The quantitative estimate of drug-likeness (QED) is 0.227. The van der Waals surface area contributed by atoms with E-state index in [1.54, 1.807) is 6.92 Å². The van der Waals surface area contributed by atoms with Gasteiger partial charge in [0.2, 0.25) is 11.9 Å². The van der Waals surface area contributed by atoms with E-state index in [0.717, 1.165) is 12.6 Å². The first-order valence-electron chi connectivity index (χ1n) is 9.20. The molecule has 1 N–H and O–H groups in total. The maximum atomic E-state index is 11.8. The molecular formula is C19H29N3O5. The first kappa shape index (κ1) is 22.7. The predicted molar refractivity (Wildman–Crippen MR) is 100 cm³/mol. The van der Waals surface area contributed by atoms with Gasteiger partial charge in [-0.15, -0.1) is 0 Å². The van der Waals surface area contributed by atoms with Gasteiger partial charge in [-0.25, -0.2) is 4.98 Å². The second-order valence-corrected chi connectivity index (χ2v) is 5.95. The van der Waals surface area contributed by atoms with Gasteiger partial charge in [0, 0.05) is 32.9 Å². The number of amides is 1. The van der Waals surface area contributed by atoms with E-state index in [4.69, 9.17) is 9.47 Å². The zero-order valence-corrected chi connectivity index (χ0v) is 16.1. The SMILES string of the molecule is CC/C=C\CC(=O)CCCOCCOCCNC(=O)c1c[n+]([O-])c(C)cn1. The van der Waals surface area contributed by atoms with Gasteiger partial charge in [0.1, 0.15) is 5.78 Å². The number of carbonyl (C=O) groups is 2. The summed E-state index contributed by atoms with van der Waals surface area (Å²) in [5, 5.41) is 14.0. The first-order chi connectivity index (χ1) is 13.0. The van der Waals surface area contributed by atoms with Crippen LogP contribution >= 0.6 is 0 Å². The van der Waals surface area contributed by atoms with Crippen LogP contribution in [0, 0.1) is 12.1 Å². The second-order valence-electron chi connectivity index (χ2n) is 5.95. The molecule has 0 aliphatic rings. The minimum Gasteiger partial charge on any atom is -0.618 e. The number of Topliss-reactive ketones (excluding diaryl/α,β-unsaturated/α-hetero) is 1. The Kier molecular flexibility index (Phi) is 11.6. The molecule has 8 heteroatoms. The zero-order valence-electron chi connectivity index (χ0n) is 16.1. The number of nitrogens with one attached hydrogen (secondary N) is 1. The fourth-order valence-electron chi connectivity index (χ4n) is 2.09. The lowest BCUT2D eigenvalue weighted by molar-refractivity contribution is -0.613. The normalized spacial score (nSPS) is 11.0. The van der Waals surface area contributed by atoms with Crippen molar-refractivity contribution in [3.63, 3.8) is 0 Å². The summed E-state index contributed by atoms with van der Waals surface area (Å²) in [5.74, 6) is -0.196. The third-order valence-electron chi connectivity index (χ3n) is 3.61. The van der Waals surface area contributed by atoms with Crippen molar-refractivity contribution < 1.29 is 23.8 Å². The molecular weight excluding hydrogens is 350 g/mol.